The fourth-order valence-corrected chi connectivity index (χ4v) is 2.82. The molecule has 146 valence electrons. The van der Waals surface area contributed by atoms with E-state index in [0.29, 0.717) is 19.4 Å². The van der Waals surface area contributed by atoms with Crippen LogP contribution in [-0.2, 0) is 9.53 Å². The van der Waals surface area contributed by atoms with E-state index in [-0.39, 0.29) is 5.82 Å². The minimum Gasteiger partial charge on any atom is -0.394 e. The first-order chi connectivity index (χ1) is 12.4. The number of nitrogen functional groups attached to an aromatic ring is 1. The molecule has 0 bridgehead atoms. The largest absolute Gasteiger partial charge is 0.394 e. The van der Waals surface area contributed by atoms with Crippen LogP contribution in [0.3, 0.4) is 0 Å². The molecule has 0 aliphatic carbocycles. The van der Waals surface area contributed by atoms with Gasteiger partial charge in [0.1, 0.15) is 24.1 Å². The van der Waals surface area contributed by atoms with Gasteiger partial charge in [-0.2, -0.15) is 4.98 Å². The Kier molecular flexibility index (Phi) is 7.06. The number of hydrogen-bond donors (Lipinski definition) is 6. The summed E-state index contributed by atoms with van der Waals surface area (Å²) in [6, 6.07) is -0.381. The van der Waals surface area contributed by atoms with E-state index in [0.717, 1.165) is 11.0 Å². The Morgan fingerprint density at radius 1 is 1.46 bits per heavy atom. The van der Waals surface area contributed by atoms with Crippen molar-refractivity contribution in [3.8, 4) is 0 Å². The summed E-state index contributed by atoms with van der Waals surface area (Å²) in [6.45, 7) is 0.0283. The molecule has 2 rings (SSSR count). The topological polar surface area (TPSA) is 192 Å². The number of nitrogens with one attached hydrogen (secondary N) is 1. The average Bonchev–Trinajstić information content (AvgIpc) is 2.91. The van der Waals surface area contributed by atoms with E-state index in [2.05, 4.69) is 10.3 Å². The highest BCUT2D eigenvalue weighted by Gasteiger charge is 2.45. The fourth-order valence-electron chi connectivity index (χ4n) is 2.82. The van der Waals surface area contributed by atoms with Crippen LogP contribution < -0.4 is 28.2 Å². The van der Waals surface area contributed by atoms with Gasteiger partial charge in [0.15, 0.2) is 6.23 Å². The first kappa shape index (κ1) is 20.3. The molecule has 0 radical (unpaired) electrons. The Morgan fingerprint density at radius 3 is 2.81 bits per heavy atom. The van der Waals surface area contributed by atoms with E-state index >= 15 is 0 Å². The Labute approximate surface area is 150 Å². The molecule has 9 N–H and O–H groups in total. The Bertz CT molecular complexity index is 668. The third kappa shape index (κ3) is 4.56. The van der Waals surface area contributed by atoms with Gasteiger partial charge in [0.25, 0.3) is 0 Å². The standard InChI is InChI=1S/C15H26N6O5/c16-5-2-1-3-8(17)13(24)20-11-12(23)9(7-22)26-14(11)21-6-4-10(18)19-15(21)25/h4,6,8-9,11-12,14,22-23H,1-3,5,7,16-17H2,(H,20,24)(H2,18,19,25)/t8?,9-,11?,12+,14-/m1/s1. The van der Waals surface area contributed by atoms with Gasteiger partial charge in [-0.25, -0.2) is 4.79 Å². The van der Waals surface area contributed by atoms with Crippen molar-refractivity contribution >= 4 is 11.7 Å². The predicted octanol–water partition coefficient (Wildman–Crippen LogP) is -2.98. The molecule has 2 unspecified atom stereocenters. The van der Waals surface area contributed by atoms with Crippen LogP contribution in [0.4, 0.5) is 5.82 Å². The van der Waals surface area contributed by atoms with Crippen LogP contribution in [0.1, 0.15) is 25.5 Å². The SMILES string of the molecule is NCCCCC(N)C(=O)NC1[C@@H](O)[C@@H](CO)O[C@H]1n1ccc(N)nc1=O. The minimum absolute atomic E-state index is 0.0333. The van der Waals surface area contributed by atoms with Crippen molar-refractivity contribution < 1.29 is 19.7 Å². The molecular formula is C15H26N6O5. The van der Waals surface area contributed by atoms with Crippen LogP contribution in [-0.4, -0.2) is 63.1 Å². The third-order valence-electron chi connectivity index (χ3n) is 4.29. The first-order valence-corrected chi connectivity index (χ1v) is 8.44. The molecule has 1 aromatic rings. The summed E-state index contributed by atoms with van der Waals surface area (Å²) < 4.78 is 6.63. The average molecular weight is 370 g/mol. The Balaban J connectivity index is 2.16. The molecular weight excluding hydrogens is 344 g/mol. The number of carbonyl (C=O) groups is 1. The number of aromatic nitrogens is 2. The van der Waals surface area contributed by atoms with Crippen molar-refractivity contribution in [2.24, 2.45) is 11.5 Å². The molecule has 0 spiro atoms. The summed E-state index contributed by atoms with van der Waals surface area (Å²) in [7, 11) is 0. The summed E-state index contributed by atoms with van der Waals surface area (Å²) in [4.78, 5) is 28.0. The second-order valence-corrected chi connectivity index (χ2v) is 6.21. The van der Waals surface area contributed by atoms with Crippen molar-refractivity contribution in [3.63, 3.8) is 0 Å². The highest BCUT2D eigenvalue weighted by Crippen LogP contribution is 2.28. The van der Waals surface area contributed by atoms with Crippen molar-refractivity contribution in [2.45, 2.75) is 49.8 Å². The van der Waals surface area contributed by atoms with Crippen LogP contribution in [0.2, 0.25) is 0 Å². The lowest BCUT2D eigenvalue weighted by atomic mass is 10.1. The number of anilines is 1. The molecule has 1 fully saturated rings. The van der Waals surface area contributed by atoms with Gasteiger partial charge in [0.05, 0.1) is 12.6 Å². The number of aliphatic hydroxyl groups is 2. The zero-order valence-electron chi connectivity index (χ0n) is 14.3. The second kappa shape index (κ2) is 9.05. The van der Waals surface area contributed by atoms with Gasteiger partial charge in [0.2, 0.25) is 5.91 Å². The molecule has 0 saturated carbocycles. The molecule has 11 heteroatoms. The summed E-state index contributed by atoms with van der Waals surface area (Å²) >= 11 is 0. The summed E-state index contributed by atoms with van der Waals surface area (Å²) in [5, 5.41) is 22.3. The number of ether oxygens (including phenoxy) is 1. The maximum absolute atomic E-state index is 12.3. The van der Waals surface area contributed by atoms with Gasteiger partial charge in [-0.1, -0.05) is 6.42 Å². The smallest absolute Gasteiger partial charge is 0.351 e. The predicted molar refractivity (Wildman–Crippen MR) is 92.7 cm³/mol. The fraction of sp³-hybridized carbons (Fsp3) is 0.667. The molecule has 1 amide bonds. The monoisotopic (exact) mass is 370 g/mol. The van der Waals surface area contributed by atoms with Gasteiger partial charge in [0, 0.05) is 6.20 Å². The normalized spacial score (nSPS) is 26.6. The zero-order valence-corrected chi connectivity index (χ0v) is 14.3. The second-order valence-electron chi connectivity index (χ2n) is 6.21. The van der Waals surface area contributed by atoms with E-state index in [1.807, 2.05) is 0 Å². The molecule has 1 aromatic heterocycles. The number of rotatable bonds is 8. The number of nitrogens with two attached hydrogens (primary N) is 3. The van der Waals surface area contributed by atoms with Crippen molar-refractivity contribution in [1.82, 2.24) is 14.9 Å². The number of nitrogens with zero attached hydrogens (tertiary/aromatic N) is 2. The molecule has 0 aromatic carbocycles. The summed E-state index contributed by atoms with van der Waals surface area (Å²) in [5.74, 6) is -0.458. The first-order valence-electron chi connectivity index (χ1n) is 8.44. The van der Waals surface area contributed by atoms with E-state index < -0.39 is 48.7 Å². The lowest BCUT2D eigenvalue weighted by molar-refractivity contribution is -0.124. The van der Waals surface area contributed by atoms with Gasteiger partial charge in [-0.3, -0.25) is 9.36 Å². The number of unbranched alkanes of at least 4 members (excludes halogenated alkanes) is 1. The Morgan fingerprint density at radius 2 is 2.19 bits per heavy atom. The quantitative estimate of drug-likeness (QED) is 0.259. The van der Waals surface area contributed by atoms with Crippen LogP contribution in [0.5, 0.6) is 0 Å². The molecule has 11 nitrogen and oxygen atoms in total. The summed E-state index contributed by atoms with van der Waals surface area (Å²) in [5.41, 5.74) is 16.0. The summed E-state index contributed by atoms with van der Waals surface area (Å²) in [6.07, 6.45) is -0.0240. The van der Waals surface area contributed by atoms with Gasteiger partial charge < -0.3 is 37.5 Å². The van der Waals surface area contributed by atoms with E-state index in [4.69, 9.17) is 21.9 Å². The van der Waals surface area contributed by atoms with Crippen LogP contribution in [0.25, 0.3) is 0 Å². The van der Waals surface area contributed by atoms with Crippen LogP contribution in [0.15, 0.2) is 17.1 Å². The zero-order chi connectivity index (χ0) is 19.3. The highest BCUT2D eigenvalue weighted by atomic mass is 16.5. The van der Waals surface area contributed by atoms with Crippen molar-refractivity contribution in [3.05, 3.63) is 22.7 Å². The van der Waals surface area contributed by atoms with Gasteiger partial charge >= 0.3 is 5.69 Å². The number of carbonyl (C=O) groups excluding carboxylic acids is 1. The van der Waals surface area contributed by atoms with E-state index in [1.54, 1.807) is 0 Å². The van der Waals surface area contributed by atoms with Crippen LogP contribution >= 0.6 is 0 Å². The maximum atomic E-state index is 12.3. The molecule has 1 saturated heterocycles. The number of amides is 1. The maximum Gasteiger partial charge on any atom is 0.351 e. The number of hydrogen-bond acceptors (Lipinski definition) is 9. The van der Waals surface area contributed by atoms with Crippen molar-refractivity contribution in [1.29, 1.82) is 0 Å². The molecule has 1 aliphatic rings. The third-order valence-corrected chi connectivity index (χ3v) is 4.29. The van der Waals surface area contributed by atoms with E-state index in [9.17, 15) is 19.8 Å². The van der Waals surface area contributed by atoms with Crippen LogP contribution in [0, 0.1) is 0 Å². The minimum atomic E-state index is -1.23. The molecule has 26 heavy (non-hydrogen) atoms. The molecule has 1 aliphatic heterocycles. The highest BCUT2D eigenvalue weighted by molar-refractivity contribution is 5.81. The number of aliphatic hydroxyl groups excluding tert-OH is 2. The van der Waals surface area contributed by atoms with Gasteiger partial charge in [-0.15, -0.1) is 0 Å². The Hall–Kier alpha value is -2.05. The van der Waals surface area contributed by atoms with E-state index in [1.165, 1.54) is 12.3 Å². The molecule has 5 atom stereocenters. The molecule has 2 heterocycles. The lowest BCUT2D eigenvalue weighted by Gasteiger charge is -2.24. The lowest BCUT2D eigenvalue weighted by Crippen LogP contribution is -2.52. The van der Waals surface area contributed by atoms with Crippen molar-refractivity contribution in [2.75, 3.05) is 18.9 Å². The van der Waals surface area contributed by atoms with Gasteiger partial charge in [-0.05, 0) is 25.5 Å².